The molecule has 0 atom stereocenters. The standard InChI is InChI=1S/C36H25BrO3P2/c37-26-24-32-31-22-13-23-33(39-41(27-14-5-1-6-15-27)28-16-7-2-8-17-28)35(31)38-36(32)34(25-26)40-42(29-18-9-3-10-19-29)30-20-11-4-12-21-30/h1-25H. The lowest BCUT2D eigenvalue weighted by Gasteiger charge is -2.19. The van der Waals surface area contributed by atoms with Gasteiger partial charge in [-0.05, 0) is 18.2 Å². The van der Waals surface area contributed by atoms with Crippen molar-refractivity contribution in [3.05, 3.63) is 156 Å². The van der Waals surface area contributed by atoms with Crippen molar-refractivity contribution < 1.29 is 13.5 Å². The van der Waals surface area contributed by atoms with Crippen LogP contribution in [0.4, 0.5) is 0 Å². The van der Waals surface area contributed by atoms with Crippen LogP contribution in [0.5, 0.6) is 11.5 Å². The third kappa shape index (κ3) is 5.46. The Morgan fingerprint density at radius 3 is 1.33 bits per heavy atom. The van der Waals surface area contributed by atoms with E-state index in [0.29, 0.717) is 22.7 Å². The quantitative estimate of drug-likeness (QED) is 0.154. The molecule has 7 aromatic rings. The van der Waals surface area contributed by atoms with Crippen LogP contribution in [-0.4, -0.2) is 0 Å². The maximum absolute atomic E-state index is 6.87. The van der Waals surface area contributed by atoms with Crippen molar-refractivity contribution in [2.45, 2.75) is 0 Å². The molecule has 3 nitrogen and oxygen atoms in total. The van der Waals surface area contributed by atoms with E-state index in [1.165, 1.54) is 0 Å². The van der Waals surface area contributed by atoms with E-state index in [1.54, 1.807) is 0 Å². The number of para-hydroxylation sites is 1. The molecule has 0 aliphatic heterocycles. The summed E-state index contributed by atoms with van der Waals surface area (Å²) >= 11 is 3.73. The molecule has 0 bridgehead atoms. The molecule has 1 heterocycles. The zero-order chi connectivity index (χ0) is 28.3. The zero-order valence-corrected chi connectivity index (χ0v) is 25.8. The van der Waals surface area contributed by atoms with E-state index in [9.17, 15) is 0 Å². The third-order valence-electron chi connectivity index (χ3n) is 6.83. The fraction of sp³-hybridized carbons (Fsp3) is 0. The van der Waals surface area contributed by atoms with Crippen molar-refractivity contribution in [2.24, 2.45) is 0 Å². The van der Waals surface area contributed by atoms with Gasteiger partial charge in [-0.15, -0.1) is 0 Å². The van der Waals surface area contributed by atoms with E-state index in [4.69, 9.17) is 13.5 Å². The number of rotatable bonds is 8. The van der Waals surface area contributed by atoms with Crippen LogP contribution in [0.1, 0.15) is 0 Å². The van der Waals surface area contributed by atoms with E-state index in [2.05, 4.69) is 125 Å². The van der Waals surface area contributed by atoms with Crippen LogP contribution >= 0.6 is 32.2 Å². The Bertz CT molecular complexity index is 1870. The minimum Gasteiger partial charge on any atom is -0.461 e. The molecule has 0 unspecified atom stereocenters. The molecule has 6 aromatic carbocycles. The Kier molecular flexibility index (Phi) is 7.77. The SMILES string of the molecule is Brc1cc(OP(c2ccccc2)c2ccccc2)c2oc3c(OP(c4ccccc4)c4ccccc4)cccc3c2c1. The summed E-state index contributed by atoms with van der Waals surface area (Å²) in [5, 5.41) is 6.48. The number of hydrogen-bond acceptors (Lipinski definition) is 3. The molecule has 7 rings (SSSR count). The highest BCUT2D eigenvalue weighted by Gasteiger charge is 2.24. The predicted octanol–water partition coefficient (Wildman–Crippen LogP) is 9.20. The molecule has 0 aliphatic rings. The molecule has 0 N–H and O–H groups in total. The summed E-state index contributed by atoms with van der Waals surface area (Å²) in [4.78, 5) is 0. The van der Waals surface area contributed by atoms with Crippen LogP contribution in [0.15, 0.2) is 161 Å². The first-order chi connectivity index (χ1) is 20.7. The van der Waals surface area contributed by atoms with Crippen molar-refractivity contribution in [3.63, 3.8) is 0 Å². The highest BCUT2D eigenvalue weighted by molar-refractivity contribution is 9.10. The van der Waals surface area contributed by atoms with Crippen molar-refractivity contribution >= 4 is 75.4 Å². The molecular formula is C36H25BrO3P2. The average molecular weight is 647 g/mol. The van der Waals surface area contributed by atoms with E-state index < -0.39 is 16.3 Å². The molecule has 0 saturated heterocycles. The highest BCUT2D eigenvalue weighted by atomic mass is 79.9. The molecule has 0 amide bonds. The van der Waals surface area contributed by atoms with Gasteiger partial charge in [0, 0.05) is 36.5 Å². The number of fused-ring (bicyclic) bond motifs is 3. The van der Waals surface area contributed by atoms with Crippen molar-refractivity contribution in [2.75, 3.05) is 0 Å². The average Bonchev–Trinajstić information content (AvgIpc) is 3.43. The Morgan fingerprint density at radius 2 is 0.857 bits per heavy atom. The maximum atomic E-state index is 6.87. The number of furan rings is 1. The van der Waals surface area contributed by atoms with Crippen LogP contribution in [0.3, 0.4) is 0 Å². The van der Waals surface area contributed by atoms with Gasteiger partial charge in [0.25, 0.3) is 0 Å². The fourth-order valence-electron chi connectivity index (χ4n) is 4.91. The molecule has 42 heavy (non-hydrogen) atoms. The van der Waals surface area contributed by atoms with Crippen LogP contribution in [0, 0.1) is 0 Å². The summed E-state index contributed by atoms with van der Waals surface area (Å²) in [6, 6.07) is 51.7. The van der Waals surface area contributed by atoms with Gasteiger partial charge in [0.15, 0.2) is 39.0 Å². The topological polar surface area (TPSA) is 31.6 Å². The molecule has 0 aliphatic carbocycles. The smallest absolute Gasteiger partial charge is 0.177 e. The maximum Gasteiger partial charge on any atom is 0.177 e. The highest BCUT2D eigenvalue weighted by Crippen LogP contribution is 2.47. The summed E-state index contributed by atoms with van der Waals surface area (Å²) in [6.07, 6.45) is 0. The fourth-order valence-corrected chi connectivity index (χ4v) is 8.81. The summed E-state index contributed by atoms with van der Waals surface area (Å²) in [7, 11) is -2.25. The van der Waals surface area contributed by atoms with E-state index in [1.807, 2.05) is 42.5 Å². The Hall–Kier alpha value is -3.94. The van der Waals surface area contributed by atoms with Gasteiger partial charge in [-0.1, -0.05) is 149 Å². The Morgan fingerprint density at radius 1 is 0.429 bits per heavy atom. The molecular weight excluding hydrogens is 622 g/mol. The van der Waals surface area contributed by atoms with Gasteiger partial charge >= 0.3 is 0 Å². The van der Waals surface area contributed by atoms with Gasteiger partial charge in [-0.3, -0.25) is 0 Å². The second kappa shape index (κ2) is 12.1. The zero-order valence-electron chi connectivity index (χ0n) is 22.4. The lowest BCUT2D eigenvalue weighted by atomic mass is 10.1. The lowest BCUT2D eigenvalue weighted by molar-refractivity contribution is 0.575. The van der Waals surface area contributed by atoms with Crippen LogP contribution in [0.25, 0.3) is 21.9 Å². The molecule has 1 aromatic heterocycles. The van der Waals surface area contributed by atoms with E-state index in [-0.39, 0.29) is 0 Å². The predicted molar refractivity (Wildman–Crippen MR) is 181 cm³/mol. The van der Waals surface area contributed by atoms with Gasteiger partial charge in [0.2, 0.25) is 0 Å². The number of halogens is 1. The molecule has 0 fully saturated rings. The van der Waals surface area contributed by atoms with Gasteiger partial charge in [-0.25, -0.2) is 0 Å². The number of hydrogen-bond donors (Lipinski definition) is 0. The van der Waals surface area contributed by atoms with Gasteiger partial charge in [0.05, 0.1) is 0 Å². The largest absolute Gasteiger partial charge is 0.461 e. The third-order valence-corrected chi connectivity index (χ3v) is 11.1. The van der Waals surface area contributed by atoms with Crippen LogP contribution in [-0.2, 0) is 0 Å². The van der Waals surface area contributed by atoms with Crippen molar-refractivity contribution in [3.8, 4) is 11.5 Å². The second-order valence-corrected chi connectivity index (χ2v) is 14.2. The van der Waals surface area contributed by atoms with E-state index >= 15 is 0 Å². The summed E-state index contributed by atoms with van der Waals surface area (Å²) in [5.74, 6) is 1.40. The minimum absolute atomic E-state index is 0.689. The first kappa shape index (κ1) is 26.9. The Labute approximate surface area is 255 Å². The normalized spacial score (nSPS) is 11.4. The molecule has 0 spiro atoms. The second-order valence-electron chi connectivity index (χ2n) is 9.63. The Balaban J connectivity index is 1.34. The molecule has 6 heteroatoms. The van der Waals surface area contributed by atoms with Crippen molar-refractivity contribution in [1.82, 2.24) is 0 Å². The van der Waals surface area contributed by atoms with Gasteiger partial charge < -0.3 is 13.5 Å². The summed E-state index contributed by atoms with van der Waals surface area (Å²) < 4.78 is 21.3. The summed E-state index contributed by atoms with van der Waals surface area (Å²) in [6.45, 7) is 0. The monoisotopic (exact) mass is 646 g/mol. The summed E-state index contributed by atoms with van der Waals surface area (Å²) in [5.41, 5.74) is 1.41. The lowest BCUT2D eigenvalue weighted by Crippen LogP contribution is -2.15. The van der Waals surface area contributed by atoms with Crippen LogP contribution < -0.4 is 30.3 Å². The van der Waals surface area contributed by atoms with Crippen LogP contribution in [0.2, 0.25) is 0 Å². The molecule has 204 valence electrons. The first-order valence-corrected chi connectivity index (χ1v) is 16.9. The van der Waals surface area contributed by atoms with Gasteiger partial charge in [-0.2, -0.15) is 0 Å². The first-order valence-electron chi connectivity index (χ1n) is 13.6. The molecule has 0 saturated carbocycles. The van der Waals surface area contributed by atoms with Crippen molar-refractivity contribution in [1.29, 1.82) is 0 Å². The van der Waals surface area contributed by atoms with E-state index in [0.717, 1.165) is 36.5 Å². The molecule has 0 radical (unpaired) electrons. The minimum atomic E-state index is -1.13. The number of benzene rings is 6. The van der Waals surface area contributed by atoms with Gasteiger partial charge in [0.1, 0.15) is 0 Å².